The Hall–Kier alpha value is -1.29. The first-order valence-electron chi connectivity index (χ1n) is 5.00. The van der Waals surface area contributed by atoms with Crippen LogP contribution >= 0.6 is 11.6 Å². The highest BCUT2D eigenvalue weighted by molar-refractivity contribution is 6.31. The van der Waals surface area contributed by atoms with E-state index in [9.17, 15) is 4.79 Å². The topological polar surface area (TPSA) is 59.4 Å². The molecule has 0 radical (unpaired) electrons. The van der Waals surface area contributed by atoms with Crippen LogP contribution in [0.3, 0.4) is 0 Å². The molecule has 1 fully saturated rings. The molecule has 0 aromatic carbocycles. The van der Waals surface area contributed by atoms with Crippen molar-refractivity contribution in [3.8, 4) is 5.88 Å². The van der Waals surface area contributed by atoms with Gasteiger partial charge >= 0.3 is 5.97 Å². The molecule has 0 aliphatic heterocycles. The zero-order valence-electron chi connectivity index (χ0n) is 8.86. The lowest BCUT2D eigenvalue weighted by Gasteiger charge is -2.13. The fourth-order valence-corrected chi connectivity index (χ4v) is 1.95. The van der Waals surface area contributed by atoms with Crippen molar-refractivity contribution < 1.29 is 14.6 Å². The molecule has 0 saturated heterocycles. The van der Waals surface area contributed by atoms with Crippen LogP contribution in [-0.4, -0.2) is 23.2 Å². The van der Waals surface area contributed by atoms with E-state index in [2.05, 4.69) is 4.98 Å². The number of carbonyl (C=O) groups is 1. The second-order valence-corrected chi connectivity index (χ2v) is 4.45. The van der Waals surface area contributed by atoms with Crippen molar-refractivity contribution in [3.63, 3.8) is 0 Å². The molecule has 0 spiro atoms. The molecular weight excluding hydrogens is 230 g/mol. The normalized spacial score (nSPS) is 16.9. The highest BCUT2D eigenvalue weighted by atomic mass is 35.5. The molecular formula is C11H12ClNO3. The molecule has 0 bridgehead atoms. The SMILES string of the molecule is COc1nccc(Cl)c1CC1(C(=O)O)CC1. The Morgan fingerprint density at radius 3 is 2.88 bits per heavy atom. The van der Waals surface area contributed by atoms with Gasteiger partial charge in [-0.3, -0.25) is 4.79 Å². The van der Waals surface area contributed by atoms with E-state index in [1.165, 1.54) is 7.11 Å². The van der Waals surface area contributed by atoms with Gasteiger partial charge in [0.05, 0.1) is 17.5 Å². The second kappa shape index (κ2) is 3.94. The number of halogens is 1. The maximum atomic E-state index is 11.1. The van der Waals surface area contributed by atoms with Gasteiger partial charge in [-0.05, 0) is 25.3 Å². The number of methoxy groups -OCH3 is 1. The number of carboxylic acid groups (broad SMARTS) is 1. The van der Waals surface area contributed by atoms with Crippen LogP contribution in [0.4, 0.5) is 0 Å². The van der Waals surface area contributed by atoms with Crippen LogP contribution in [0.25, 0.3) is 0 Å². The summed E-state index contributed by atoms with van der Waals surface area (Å²) in [4.78, 5) is 15.1. The van der Waals surface area contributed by atoms with Crippen molar-refractivity contribution in [2.45, 2.75) is 19.3 Å². The average Bonchev–Trinajstić information content (AvgIpc) is 3.02. The van der Waals surface area contributed by atoms with E-state index in [0.717, 1.165) is 0 Å². The number of nitrogens with zero attached hydrogens (tertiary/aromatic N) is 1. The predicted octanol–water partition coefficient (Wildman–Crippen LogP) is 2.15. The molecule has 1 N–H and O–H groups in total. The molecule has 2 rings (SSSR count). The van der Waals surface area contributed by atoms with Crippen molar-refractivity contribution in [1.29, 1.82) is 0 Å². The number of pyridine rings is 1. The van der Waals surface area contributed by atoms with Gasteiger partial charge < -0.3 is 9.84 Å². The Kier molecular flexibility index (Phi) is 2.76. The molecule has 4 nitrogen and oxygen atoms in total. The molecule has 0 amide bonds. The third kappa shape index (κ3) is 1.85. The zero-order valence-corrected chi connectivity index (χ0v) is 9.62. The maximum Gasteiger partial charge on any atom is 0.309 e. The predicted molar refractivity (Wildman–Crippen MR) is 58.8 cm³/mol. The van der Waals surface area contributed by atoms with Crippen LogP contribution < -0.4 is 4.74 Å². The van der Waals surface area contributed by atoms with Crippen LogP contribution in [-0.2, 0) is 11.2 Å². The zero-order chi connectivity index (χ0) is 11.8. The van der Waals surface area contributed by atoms with Gasteiger partial charge in [-0.15, -0.1) is 0 Å². The molecule has 0 unspecified atom stereocenters. The van der Waals surface area contributed by atoms with Crippen molar-refractivity contribution in [2.75, 3.05) is 7.11 Å². The number of aliphatic carboxylic acids is 1. The van der Waals surface area contributed by atoms with Gasteiger partial charge in [0.2, 0.25) is 5.88 Å². The molecule has 16 heavy (non-hydrogen) atoms. The first kappa shape index (κ1) is 11.2. The molecule has 86 valence electrons. The molecule has 5 heteroatoms. The molecule has 1 aromatic rings. The van der Waals surface area contributed by atoms with E-state index in [4.69, 9.17) is 21.4 Å². The fourth-order valence-electron chi connectivity index (χ4n) is 1.74. The van der Waals surface area contributed by atoms with Gasteiger partial charge in [0.1, 0.15) is 0 Å². The van der Waals surface area contributed by atoms with E-state index in [1.807, 2.05) is 0 Å². The summed E-state index contributed by atoms with van der Waals surface area (Å²) in [5, 5.41) is 9.63. The molecule has 1 saturated carbocycles. The van der Waals surface area contributed by atoms with E-state index in [-0.39, 0.29) is 0 Å². The largest absolute Gasteiger partial charge is 0.481 e. The lowest BCUT2D eigenvalue weighted by molar-refractivity contribution is -0.143. The van der Waals surface area contributed by atoms with E-state index >= 15 is 0 Å². The highest BCUT2D eigenvalue weighted by Gasteiger charge is 2.50. The van der Waals surface area contributed by atoms with Gasteiger partial charge in [-0.1, -0.05) is 11.6 Å². The number of aromatic nitrogens is 1. The summed E-state index contributed by atoms with van der Waals surface area (Å²) in [6, 6.07) is 1.65. The maximum absolute atomic E-state index is 11.1. The molecule has 1 aromatic heterocycles. The third-order valence-electron chi connectivity index (χ3n) is 2.97. The number of hydrogen-bond donors (Lipinski definition) is 1. The van der Waals surface area contributed by atoms with Gasteiger partial charge in [0, 0.05) is 11.8 Å². The van der Waals surface area contributed by atoms with E-state index in [0.29, 0.717) is 35.7 Å². The third-order valence-corrected chi connectivity index (χ3v) is 3.33. The fraction of sp³-hybridized carbons (Fsp3) is 0.455. The summed E-state index contributed by atoms with van der Waals surface area (Å²) >= 11 is 6.03. The summed E-state index contributed by atoms with van der Waals surface area (Å²) in [5.74, 6) is -0.352. The number of hydrogen-bond acceptors (Lipinski definition) is 3. The van der Waals surface area contributed by atoms with Crippen molar-refractivity contribution in [3.05, 3.63) is 22.8 Å². The van der Waals surface area contributed by atoms with Crippen LogP contribution in [0.2, 0.25) is 5.02 Å². The number of rotatable bonds is 4. The Balaban J connectivity index is 2.31. The van der Waals surface area contributed by atoms with Gasteiger partial charge in [-0.2, -0.15) is 0 Å². The Labute approximate surface area is 98.2 Å². The van der Waals surface area contributed by atoms with Gasteiger partial charge in [0.15, 0.2) is 0 Å². The van der Waals surface area contributed by atoms with Gasteiger partial charge in [-0.25, -0.2) is 4.98 Å². The first-order valence-corrected chi connectivity index (χ1v) is 5.38. The first-order chi connectivity index (χ1) is 7.59. The number of carboxylic acids is 1. The van der Waals surface area contributed by atoms with E-state index < -0.39 is 11.4 Å². The molecule has 0 atom stereocenters. The minimum atomic E-state index is -0.769. The van der Waals surface area contributed by atoms with Crippen molar-refractivity contribution >= 4 is 17.6 Å². The summed E-state index contributed by atoms with van der Waals surface area (Å²) in [5.41, 5.74) is 0.0338. The van der Waals surface area contributed by atoms with Gasteiger partial charge in [0.25, 0.3) is 0 Å². The quantitative estimate of drug-likeness (QED) is 0.878. The second-order valence-electron chi connectivity index (χ2n) is 4.04. The monoisotopic (exact) mass is 241 g/mol. The minimum absolute atomic E-state index is 0.387. The lowest BCUT2D eigenvalue weighted by atomic mass is 9.97. The van der Waals surface area contributed by atoms with Crippen LogP contribution in [0.5, 0.6) is 5.88 Å². The van der Waals surface area contributed by atoms with Crippen LogP contribution in [0, 0.1) is 5.41 Å². The summed E-state index contributed by atoms with van der Waals surface area (Å²) in [6.45, 7) is 0. The summed E-state index contributed by atoms with van der Waals surface area (Å²) in [7, 11) is 1.50. The Morgan fingerprint density at radius 2 is 2.38 bits per heavy atom. The summed E-state index contributed by atoms with van der Waals surface area (Å²) < 4.78 is 5.09. The molecule has 1 aliphatic rings. The minimum Gasteiger partial charge on any atom is -0.481 e. The van der Waals surface area contributed by atoms with Crippen molar-refractivity contribution in [2.24, 2.45) is 5.41 Å². The Bertz CT molecular complexity index is 429. The van der Waals surface area contributed by atoms with Crippen LogP contribution in [0.15, 0.2) is 12.3 Å². The lowest BCUT2D eigenvalue weighted by Crippen LogP contribution is -2.18. The smallest absolute Gasteiger partial charge is 0.309 e. The van der Waals surface area contributed by atoms with E-state index in [1.54, 1.807) is 12.3 Å². The van der Waals surface area contributed by atoms with Crippen LogP contribution in [0.1, 0.15) is 18.4 Å². The van der Waals surface area contributed by atoms with Crippen molar-refractivity contribution in [1.82, 2.24) is 4.98 Å². The summed E-state index contributed by atoms with van der Waals surface area (Å²) in [6.07, 6.45) is 3.32. The highest BCUT2D eigenvalue weighted by Crippen LogP contribution is 2.50. The Morgan fingerprint density at radius 1 is 1.69 bits per heavy atom. The average molecular weight is 242 g/mol. The molecule has 1 heterocycles. The molecule has 1 aliphatic carbocycles. The number of ether oxygens (including phenoxy) is 1. The standard InChI is InChI=1S/C11H12ClNO3/c1-16-9-7(8(12)2-5-13-9)6-11(3-4-11)10(14)15/h2,5H,3-4,6H2,1H3,(H,14,15).